The number of allylic oxidation sites excluding steroid dienone is 1. The van der Waals surface area contributed by atoms with Crippen LogP contribution in [0.3, 0.4) is 0 Å². The molecule has 29 heavy (non-hydrogen) atoms. The van der Waals surface area contributed by atoms with Gasteiger partial charge in [-0.3, -0.25) is 4.79 Å². The molecule has 2 heterocycles. The Labute approximate surface area is 172 Å². The van der Waals surface area contributed by atoms with E-state index in [0.717, 1.165) is 37.6 Å². The van der Waals surface area contributed by atoms with Gasteiger partial charge in [-0.15, -0.1) is 0 Å². The van der Waals surface area contributed by atoms with E-state index in [2.05, 4.69) is 41.8 Å². The quantitative estimate of drug-likeness (QED) is 0.808. The second kappa shape index (κ2) is 7.64. The van der Waals surface area contributed by atoms with Gasteiger partial charge in [0.2, 0.25) is 5.78 Å². The first-order valence-electron chi connectivity index (χ1n) is 10.3. The molecule has 1 N–H and O–H groups in total. The van der Waals surface area contributed by atoms with Crippen LogP contribution in [-0.4, -0.2) is 45.6 Å². The van der Waals surface area contributed by atoms with E-state index in [1.54, 1.807) is 0 Å². The van der Waals surface area contributed by atoms with Crippen LogP contribution in [0.1, 0.15) is 19.4 Å². The van der Waals surface area contributed by atoms with Crippen molar-refractivity contribution in [2.45, 2.75) is 19.3 Å². The molecule has 0 radical (unpaired) electrons. The van der Waals surface area contributed by atoms with Gasteiger partial charge < -0.3 is 14.7 Å². The van der Waals surface area contributed by atoms with Crippen LogP contribution in [0.25, 0.3) is 0 Å². The fourth-order valence-corrected chi connectivity index (χ4v) is 4.62. The van der Waals surface area contributed by atoms with Gasteiger partial charge in [0.05, 0.1) is 26.2 Å². The minimum Gasteiger partial charge on any atom is -0.360 e. The Bertz CT molecular complexity index is 927. The van der Waals surface area contributed by atoms with Gasteiger partial charge in [-0.2, -0.15) is 0 Å². The van der Waals surface area contributed by atoms with Gasteiger partial charge in [-0.1, -0.05) is 32.0 Å². The number of quaternary nitrogens is 1. The van der Waals surface area contributed by atoms with Crippen molar-refractivity contribution in [2.75, 3.05) is 49.6 Å². The van der Waals surface area contributed by atoms with Crippen molar-refractivity contribution < 1.29 is 14.1 Å². The standard InChI is InChI=1S/C24H28FN3O/c1-24(2)21-6-4-5-7-22(21)26(3)23(24)16-20(29)17-27-12-14-28(15-13-27)19-10-8-18(25)9-11-19/h4-11,16H,12-15,17H2,1-3H3/p+1/b23-16-. The third kappa shape index (κ3) is 3.79. The number of fused-ring (bicyclic) bond motifs is 1. The third-order valence-corrected chi connectivity index (χ3v) is 6.32. The van der Waals surface area contributed by atoms with Crippen LogP contribution < -0.4 is 14.7 Å². The van der Waals surface area contributed by atoms with E-state index in [1.165, 1.54) is 28.3 Å². The normalized spacial score (nSPS) is 20.2. The molecule has 1 fully saturated rings. The molecule has 1 saturated heterocycles. The highest BCUT2D eigenvalue weighted by Gasteiger charge is 2.38. The zero-order valence-electron chi connectivity index (χ0n) is 17.4. The van der Waals surface area contributed by atoms with Crippen LogP contribution in [0.4, 0.5) is 15.8 Å². The maximum Gasteiger partial charge on any atom is 0.211 e. The minimum absolute atomic E-state index is 0.169. The molecule has 0 unspecified atom stereocenters. The Kier molecular flexibility index (Phi) is 5.17. The number of nitrogens with zero attached hydrogens (tertiary/aromatic N) is 2. The van der Waals surface area contributed by atoms with E-state index in [-0.39, 0.29) is 17.0 Å². The van der Waals surface area contributed by atoms with Crippen molar-refractivity contribution in [1.82, 2.24) is 0 Å². The SMILES string of the molecule is CN1/C(=C\C(=O)C[NH+]2CCN(c3ccc(F)cc3)CC2)C(C)(C)c2ccccc21. The number of benzene rings is 2. The predicted molar refractivity (Wildman–Crippen MR) is 115 cm³/mol. The first-order chi connectivity index (χ1) is 13.9. The zero-order valence-corrected chi connectivity index (χ0v) is 17.4. The average molecular weight is 395 g/mol. The molecule has 2 aromatic carbocycles. The molecular formula is C24H29FN3O+. The number of piperazine rings is 1. The molecular weight excluding hydrogens is 365 g/mol. The molecule has 0 aromatic heterocycles. The van der Waals surface area contributed by atoms with Crippen molar-refractivity contribution in [3.8, 4) is 0 Å². The highest BCUT2D eigenvalue weighted by Crippen LogP contribution is 2.46. The summed E-state index contributed by atoms with van der Waals surface area (Å²) in [6, 6.07) is 15.0. The molecule has 0 amide bonds. The lowest BCUT2D eigenvalue weighted by Gasteiger charge is -2.33. The maximum atomic E-state index is 13.1. The van der Waals surface area contributed by atoms with E-state index in [4.69, 9.17) is 0 Å². The second-order valence-corrected chi connectivity index (χ2v) is 8.59. The number of hydrogen-bond donors (Lipinski definition) is 1. The van der Waals surface area contributed by atoms with Crippen LogP contribution in [0.5, 0.6) is 0 Å². The largest absolute Gasteiger partial charge is 0.360 e. The number of ketones is 1. The van der Waals surface area contributed by atoms with Crippen molar-refractivity contribution in [2.24, 2.45) is 0 Å². The number of rotatable bonds is 4. The number of anilines is 2. The van der Waals surface area contributed by atoms with Crippen molar-refractivity contribution in [3.63, 3.8) is 0 Å². The zero-order chi connectivity index (χ0) is 20.6. The Morgan fingerprint density at radius 2 is 1.76 bits per heavy atom. The molecule has 0 bridgehead atoms. The topological polar surface area (TPSA) is 28.0 Å². The summed E-state index contributed by atoms with van der Waals surface area (Å²) in [5, 5.41) is 0. The fraction of sp³-hybridized carbons (Fsp3) is 0.375. The summed E-state index contributed by atoms with van der Waals surface area (Å²) < 4.78 is 13.1. The lowest BCUT2D eigenvalue weighted by Crippen LogP contribution is -3.15. The van der Waals surface area contributed by atoms with Crippen molar-refractivity contribution >= 4 is 17.2 Å². The lowest BCUT2D eigenvalue weighted by molar-refractivity contribution is -0.892. The number of likely N-dealkylation sites (N-methyl/N-ethyl adjacent to an activating group) is 1. The van der Waals surface area contributed by atoms with Gasteiger partial charge in [-0.05, 0) is 35.9 Å². The van der Waals surface area contributed by atoms with E-state index in [9.17, 15) is 9.18 Å². The fourth-order valence-electron chi connectivity index (χ4n) is 4.62. The Balaban J connectivity index is 1.39. The van der Waals surface area contributed by atoms with Crippen molar-refractivity contribution in [1.29, 1.82) is 0 Å². The highest BCUT2D eigenvalue weighted by molar-refractivity contribution is 5.93. The molecule has 0 spiro atoms. The van der Waals surface area contributed by atoms with Crippen LogP contribution >= 0.6 is 0 Å². The maximum absolute atomic E-state index is 13.1. The van der Waals surface area contributed by atoms with Gasteiger partial charge >= 0.3 is 0 Å². The van der Waals surface area contributed by atoms with E-state index >= 15 is 0 Å². The third-order valence-electron chi connectivity index (χ3n) is 6.32. The molecule has 0 aliphatic carbocycles. The molecule has 0 saturated carbocycles. The van der Waals surface area contributed by atoms with Crippen LogP contribution in [0.2, 0.25) is 0 Å². The van der Waals surface area contributed by atoms with Gasteiger partial charge in [0, 0.05) is 35.6 Å². The van der Waals surface area contributed by atoms with Crippen LogP contribution in [0, 0.1) is 5.82 Å². The summed E-state index contributed by atoms with van der Waals surface area (Å²) in [6.07, 6.45) is 1.85. The van der Waals surface area contributed by atoms with Gasteiger partial charge in [0.1, 0.15) is 12.4 Å². The highest BCUT2D eigenvalue weighted by atomic mass is 19.1. The van der Waals surface area contributed by atoms with Crippen LogP contribution in [0.15, 0.2) is 60.3 Å². The molecule has 4 rings (SSSR count). The number of nitrogens with one attached hydrogen (secondary N) is 1. The smallest absolute Gasteiger partial charge is 0.211 e. The molecule has 2 aliphatic heterocycles. The summed E-state index contributed by atoms with van der Waals surface area (Å²) >= 11 is 0. The number of para-hydroxylation sites is 1. The second-order valence-electron chi connectivity index (χ2n) is 8.59. The average Bonchev–Trinajstić information content (AvgIpc) is 2.90. The Hall–Kier alpha value is -2.66. The van der Waals surface area contributed by atoms with Gasteiger partial charge in [0.25, 0.3) is 0 Å². The number of carbonyl (C=O) groups is 1. The number of halogens is 1. The molecule has 2 aliphatic rings. The molecule has 152 valence electrons. The molecule has 5 heteroatoms. The van der Waals surface area contributed by atoms with Crippen LogP contribution in [-0.2, 0) is 10.2 Å². The number of carbonyl (C=O) groups excluding carboxylic acids is 1. The summed E-state index contributed by atoms with van der Waals surface area (Å²) in [4.78, 5) is 18.6. The summed E-state index contributed by atoms with van der Waals surface area (Å²) in [6.45, 7) is 8.45. The Morgan fingerprint density at radius 3 is 2.41 bits per heavy atom. The summed E-state index contributed by atoms with van der Waals surface area (Å²) in [5.41, 5.74) is 4.38. The van der Waals surface area contributed by atoms with E-state index in [0.29, 0.717) is 6.54 Å². The summed E-state index contributed by atoms with van der Waals surface area (Å²) in [5.74, 6) is -0.0310. The monoisotopic (exact) mass is 394 g/mol. The molecule has 2 aromatic rings. The lowest BCUT2D eigenvalue weighted by atomic mass is 9.83. The van der Waals surface area contributed by atoms with Gasteiger partial charge in [0.15, 0.2) is 0 Å². The first-order valence-corrected chi connectivity index (χ1v) is 10.3. The first kappa shape index (κ1) is 19.6. The Morgan fingerprint density at radius 1 is 1.10 bits per heavy atom. The minimum atomic E-state index is -0.210. The van der Waals surface area contributed by atoms with Gasteiger partial charge in [-0.25, -0.2) is 4.39 Å². The molecule has 4 nitrogen and oxygen atoms in total. The van der Waals surface area contributed by atoms with E-state index in [1.807, 2.05) is 31.3 Å². The summed E-state index contributed by atoms with van der Waals surface area (Å²) in [7, 11) is 2.04. The predicted octanol–water partition coefficient (Wildman–Crippen LogP) is 2.41. The van der Waals surface area contributed by atoms with E-state index < -0.39 is 0 Å². The number of hydrogen-bond acceptors (Lipinski definition) is 3. The molecule has 0 atom stereocenters. The van der Waals surface area contributed by atoms with Crippen molar-refractivity contribution in [3.05, 3.63) is 71.7 Å².